The molecule has 3 aromatic rings. The number of epoxide rings is 1. The molecule has 4 rings (SSSR count). The standard InChI is InChI=1S/C20H17ClF2N4OS/c1-2-29(11-24)19-25-12-26-27(19)10-20(15-8-7-13(22)9-17(15)23)18(28-20)14-5-3-4-6-16(14)21/h3-9,12,18,29H,2,10H2,1H3. The van der Waals surface area contributed by atoms with Crippen LogP contribution in [0, 0.1) is 22.3 Å². The Morgan fingerprint density at radius 1 is 1.31 bits per heavy atom. The Kier molecular flexibility index (Phi) is 5.30. The summed E-state index contributed by atoms with van der Waals surface area (Å²) >= 11 is 6.34. The molecule has 0 bridgehead atoms. The molecule has 29 heavy (non-hydrogen) atoms. The van der Waals surface area contributed by atoms with E-state index in [9.17, 15) is 14.0 Å². The number of ether oxygens (including phenoxy) is 1. The van der Waals surface area contributed by atoms with E-state index in [0.717, 1.165) is 6.07 Å². The zero-order valence-electron chi connectivity index (χ0n) is 15.4. The third kappa shape index (κ3) is 3.50. The van der Waals surface area contributed by atoms with Crippen LogP contribution in [0.1, 0.15) is 24.2 Å². The lowest BCUT2D eigenvalue weighted by Gasteiger charge is -2.18. The van der Waals surface area contributed by atoms with Crippen LogP contribution in [0.25, 0.3) is 0 Å². The van der Waals surface area contributed by atoms with Gasteiger partial charge in [0.1, 0.15) is 35.1 Å². The molecule has 1 aromatic heterocycles. The number of nitrogens with zero attached hydrogens (tertiary/aromatic N) is 4. The predicted molar refractivity (Wildman–Crippen MR) is 107 cm³/mol. The second-order valence-corrected chi connectivity index (χ2v) is 9.09. The lowest BCUT2D eigenvalue weighted by Crippen LogP contribution is -2.22. The molecule has 2 heterocycles. The van der Waals surface area contributed by atoms with Crippen LogP contribution in [0.3, 0.4) is 0 Å². The topological polar surface area (TPSA) is 67.0 Å². The maximum atomic E-state index is 14.7. The van der Waals surface area contributed by atoms with Crippen molar-refractivity contribution in [3.63, 3.8) is 0 Å². The van der Waals surface area contributed by atoms with Crippen molar-refractivity contribution in [2.45, 2.75) is 30.3 Å². The van der Waals surface area contributed by atoms with Crippen LogP contribution < -0.4 is 0 Å². The average Bonchev–Trinajstić information content (AvgIpc) is 3.23. The minimum Gasteiger partial charge on any atom is -0.354 e. The van der Waals surface area contributed by atoms with Crippen LogP contribution in [-0.2, 0) is 16.9 Å². The minimum absolute atomic E-state index is 0.126. The van der Waals surface area contributed by atoms with Gasteiger partial charge in [0.2, 0.25) is 0 Å². The fourth-order valence-electron chi connectivity index (χ4n) is 3.48. The Bertz CT molecular complexity index is 1100. The molecule has 0 N–H and O–H groups in total. The Morgan fingerprint density at radius 2 is 2.10 bits per heavy atom. The molecule has 1 fully saturated rings. The number of halogens is 3. The summed E-state index contributed by atoms with van der Waals surface area (Å²) in [6.45, 7) is 2.03. The molecule has 5 nitrogen and oxygen atoms in total. The van der Waals surface area contributed by atoms with E-state index in [1.165, 1.54) is 18.5 Å². The monoisotopic (exact) mass is 434 g/mol. The van der Waals surface area contributed by atoms with Gasteiger partial charge in [-0.3, -0.25) is 0 Å². The van der Waals surface area contributed by atoms with Crippen molar-refractivity contribution in [3.05, 3.63) is 76.6 Å². The highest BCUT2D eigenvalue weighted by molar-refractivity contribution is 8.20. The van der Waals surface area contributed by atoms with Crippen LogP contribution in [-0.4, -0.2) is 20.5 Å². The lowest BCUT2D eigenvalue weighted by molar-refractivity contribution is 0.250. The van der Waals surface area contributed by atoms with Crippen molar-refractivity contribution in [2.24, 2.45) is 0 Å². The van der Waals surface area contributed by atoms with Gasteiger partial charge in [-0.05, 0) is 17.9 Å². The number of benzene rings is 2. The van der Waals surface area contributed by atoms with E-state index >= 15 is 0 Å². The molecule has 1 aliphatic rings. The molecule has 150 valence electrons. The first kappa shape index (κ1) is 19.8. The first-order chi connectivity index (χ1) is 14.0. The van der Waals surface area contributed by atoms with Crippen LogP contribution in [0.5, 0.6) is 0 Å². The van der Waals surface area contributed by atoms with Gasteiger partial charge in [-0.2, -0.15) is 10.4 Å². The van der Waals surface area contributed by atoms with Gasteiger partial charge in [0.15, 0.2) is 5.16 Å². The molecule has 3 unspecified atom stereocenters. The Balaban J connectivity index is 1.79. The van der Waals surface area contributed by atoms with Gasteiger partial charge >= 0.3 is 0 Å². The van der Waals surface area contributed by atoms with Crippen LogP contribution in [0.15, 0.2) is 53.9 Å². The highest BCUT2D eigenvalue weighted by Crippen LogP contribution is 2.60. The molecule has 0 aliphatic carbocycles. The quantitative estimate of drug-likeness (QED) is 0.346. The normalized spacial score (nSPS) is 22.2. The van der Waals surface area contributed by atoms with E-state index in [4.69, 9.17) is 16.3 Å². The van der Waals surface area contributed by atoms with Crippen molar-refractivity contribution >= 4 is 22.5 Å². The highest BCUT2D eigenvalue weighted by Gasteiger charge is 2.61. The Labute approximate surface area is 174 Å². The van der Waals surface area contributed by atoms with Crippen molar-refractivity contribution in [3.8, 4) is 5.40 Å². The van der Waals surface area contributed by atoms with E-state index in [0.29, 0.717) is 21.5 Å². The number of aromatic nitrogens is 3. The summed E-state index contributed by atoms with van der Waals surface area (Å²) in [6, 6.07) is 10.6. The molecular weight excluding hydrogens is 418 g/mol. The van der Waals surface area contributed by atoms with Crippen LogP contribution in [0.2, 0.25) is 5.02 Å². The first-order valence-electron chi connectivity index (χ1n) is 8.93. The number of rotatable bonds is 6. The number of hydrogen-bond acceptors (Lipinski definition) is 4. The number of hydrogen-bond donors (Lipinski definition) is 1. The van der Waals surface area contributed by atoms with Gasteiger partial charge < -0.3 is 4.74 Å². The number of nitriles is 1. The SMILES string of the molecule is CC[SH](C#N)c1ncnn1CC1(c2ccc(F)cc2F)OC1c1ccccc1Cl. The summed E-state index contributed by atoms with van der Waals surface area (Å²) < 4.78 is 35.9. The van der Waals surface area contributed by atoms with Crippen molar-refractivity contribution in [1.82, 2.24) is 14.8 Å². The number of thiol groups is 1. The predicted octanol–water partition coefficient (Wildman–Crippen LogP) is 4.74. The minimum atomic E-state index is -1.16. The first-order valence-corrected chi connectivity index (χ1v) is 10.8. The smallest absolute Gasteiger partial charge is 0.178 e. The Morgan fingerprint density at radius 3 is 2.79 bits per heavy atom. The fraction of sp³-hybridized carbons (Fsp3) is 0.250. The second-order valence-electron chi connectivity index (χ2n) is 6.60. The van der Waals surface area contributed by atoms with Gasteiger partial charge in [0.25, 0.3) is 0 Å². The molecule has 1 saturated heterocycles. The fourth-order valence-corrected chi connectivity index (χ4v) is 4.82. The van der Waals surface area contributed by atoms with Crippen molar-refractivity contribution < 1.29 is 13.5 Å². The van der Waals surface area contributed by atoms with Crippen molar-refractivity contribution in [2.75, 3.05) is 5.75 Å². The van der Waals surface area contributed by atoms with Crippen LogP contribution in [0.4, 0.5) is 8.78 Å². The summed E-state index contributed by atoms with van der Waals surface area (Å²) in [5.41, 5.74) is -0.212. The van der Waals surface area contributed by atoms with Gasteiger partial charge in [0, 0.05) is 22.2 Å². The average molecular weight is 435 g/mol. The Hall–Kier alpha value is -2.47. The molecule has 1 aliphatic heterocycles. The maximum Gasteiger partial charge on any atom is 0.178 e. The molecule has 9 heteroatoms. The molecular formula is C20H17ClF2N4OS. The molecule has 0 spiro atoms. The molecule has 0 saturated carbocycles. The largest absolute Gasteiger partial charge is 0.354 e. The summed E-state index contributed by atoms with van der Waals surface area (Å²) in [4.78, 5) is 4.24. The summed E-state index contributed by atoms with van der Waals surface area (Å²) in [7, 11) is -1.16. The summed E-state index contributed by atoms with van der Waals surface area (Å²) in [5, 5.41) is 17.0. The molecule has 2 aromatic carbocycles. The van der Waals surface area contributed by atoms with E-state index < -0.39 is 34.2 Å². The molecule has 0 radical (unpaired) electrons. The van der Waals surface area contributed by atoms with Gasteiger partial charge in [-0.1, -0.05) is 42.8 Å². The molecule has 3 atom stereocenters. The van der Waals surface area contributed by atoms with E-state index in [-0.39, 0.29) is 12.1 Å². The lowest BCUT2D eigenvalue weighted by atomic mass is 9.91. The highest BCUT2D eigenvalue weighted by atomic mass is 35.5. The third-order valence-electron chi connectivity index (χ3n) is 4.93. The van der Waals surface area contributed by atoms with E-state index in [2.05, 4.69) is 15.5 Å². The van der Waals surface area contributed by atoms with Crippen LogP contribution >= 0.6 is 22.5 Å². The summed E-state index contributed by atoms with van der Waals surface area (Å²) in [5.74, 6) is -0.756. The zero-order valence-corrected chi connectivity index (χ0v) is 17.0. The summed E-state index contributed by atoms with van der Waals surface area (Å²) in [6.07, 6.45) is 0.836. The van der Waals surface area contributed by atoms with Gasteiger partial charge in [-0.15, -0.1) is 10.9 Å². The van der Waals surface area contributed by atoms with E-state index in [1.807, 2.05) is 19.1 Å². The third-order valence-corrected chi connectivity index (χ3v) is 6.97. The zero-order chi connectivity index (χ0) is 20.6. The van der Waals surface area contributed by atoms with Gasteiger partial charge in [-0.25, -0.2) is 18.4 Å². The van der Waals surface area contributed by atoms with Gasteiger partial charge in [0.05, 0.1) is 6.54 Å². The number of thiocyanates is 1. The maximum absolute atomic E-state index is 14.7. The van der Waals surface area contributed by atoms with E-state index in [1.54, 1.807) is 16.8 Å². The second kappa shape index (κ2) is 7.75. The molecule has 0 amide bonds. The van der Waals surface area contributed by atoms with Crippen molar-refractivity contribution in [1.29, 1.82) is 5.26 Å².